The topological polar surface area (TPSA) is 146 Å². The number of aromatic amines is 1. The molecule has 0 bridgehead atoms. The van der Waals surface area contributed by atoms with Crippen LogP contribution in [0.3, 0.4) is 0 Å². The number of amides is 1. The fraction of sp³-hybridized carbons (Fsp3) is 0.250. The lowest BCUT2D eigenvalue weighted by molar-refractivity contribution is -0.653. The summed E-state index contributed by atoms with van der Waals surface area (Å²) >= 11 is 0. The van der Waals surface area contributed by atoms with Gasteiger partial charge in [-0.3, -0.25) is 9.69 Å². The van der Waals surface area contributed by atoms with Crippen molar-refractivity contribution in [2.75, 3.05) is 17.7 Å². The number of ether oxygens (including phenoxy) is 1. The Kier molecular flexibility index (Phi) is 6.34. The van der Waals surface area contributed by atoms with Crippen molar-refractivity contribution >= 4 is 46.7 Å². The molecule has 0 spiro atoms. The standard InChI is InChI=1S/C19H22N7O2.CH2O2/c1-4-26-15-9-12(28-3)5-6-14(15)24(2)16(26)10-25(11-27)19-17(20)23-18-13(22-19)7-8-21-18;2-1-3/h5-9,11H,4,10H2,1-3H3,(H3,20,21,23);1H,(H,2,3)/q+1;/p-1. The van der Waals surface area contributed by atoms with E-state index in [0.29, 0.717) is 23.5 Å². The van der Waals surface area contributed by atoms with Crippen molar-refractivity contribution in [3.63, 3.8) is 0 Å². The highest BCUT2D eigenvalue weighted by Gasteiger charge is 2.26. The van der Waals surface area contributed by atoms with Gasteiger partial charge in [0.1, 0.15) is 17.8 Å². The molecule has 0 saturated heterocycles. The number of carbonyl (C=O) groups excluding carboxylic acids is 2. The Labute approximate surface area is 177 Å². The van der Waals surface area contributed by atoms with Crippen LogP contribution in [0.5, 0.6) is 5.75 Å². The normalized spacial score (nSPS) is 10.5. The van der Waals surface area contributed by atoms with E-state index in [1.54, 1.807) is 19.4 Å². The Hall–Kier alpha value is -4.15. The van der Waals surface area contributed by atoms with Crippen LogP contribution in [0.25, 0.3) is 22.2 Å². The molecule has 0 radical (unpaired) electrons. The minimum atomic E-state index is -0.500. The Morgan fingerprint density at radius 1 is 1.32 bits per heavy atom. The third-order valence-electron chi connectivity index (χ3n) is 4.95. The van der Waals surface area contributed by atoms with E-state index in [4.69, 9.17) is 20.4 Å². The van der Waals surface area contributed by atoms with Crippen LogP contribution in [0.4, 0.5) is 11.6 Å². The number of aryl methyl sites for hydroxylation is 2. The lowest BCUT2D eigenvalue weighted by atomic mass is 10.3. The maximum atomic E-state index is 11.9. The predicted octanol–water partition coefficient (Wildman–Crippen LogP) is -0.123. The Bertz CT molecular complexity index is 1230. The van der Waals surface area contributed by atoms with Crippen molar-refractivity contribution in [2.24, 2.45) is 7.05 Å². The number of methoxy groups -OCH3 is 1. The quantitative estimate of drug-likeness (QED) is 0.323. The van der Waals surface area contributed by atoms with Gasteiger partial charge in [0.2, 0.25) is 6.41 Å². The summed E-state index contributed by atoms with van der Waals surface area (Å²) in [7, 11) is 3.62. The summed E-state index contributed by atoms with van der Waals surface area (Å²) in [6.07, 6.45) is 2.47. The zero-order chi connectivity index (χ0) is 22.5. The molecule has 31 heavy (non-hydrogen) atoms. The molecule has 0 aliphatic carbocycles. The molecule has 11 nitrogen and oxygen atoms in total. The molecule has 1 amide bonds. The molecule has 162 valence electrons. The molecule has 1 aromatic carbocycles. The molecule has 4 aromatic rings. The number of aromatic nitrogens is 5. The number of rotatable bonds is 6. The third-order valence-corrected chi connectivity index (χ3v) is 4.95. The van der Waals surface area contributed by atoms with Crippen molar-refractivity contribution in [2.45, 2.75) is 20.0 Å². The van der Waals surface area contributed by atoms with Gasteiger partial charge in [-0.15, -0.1) is 0 Å². The van der Waals surface area contributed by atoms with E-state index in [2.05, 4.69) is 31.0 Å². The number of nitrogen functional groups attached to an aromatic ring is 1. The fourth-order valence-corrected chi connectivity index (χ4v) is 3.53. The molecule has 0 saturated carbocycles. The molecular weight excluding hydrogens is 402 g/mol. The highest BCUT2D eigenvalue weighted by molar-refractivity contribution is 5.84. The number of anilines is 2. The molecule has 0 atom stereocenters. The van der Waals surface area contributed by atoms with Crippen molar-refractivity contribution in [3.05, 3.63) is 36.3 Å². The smallest absolute Gasteiger partial charge is 0.277 e. The van der Waals surface area contributed by atoms with Gasteiger partial charge in [-0.1, -0.05) is 0 Å². The number of imidazole rings is 1. The van der Waals surface area contributed by atoms with E-state index in [-0.39, 0.29) is 5.82 Å². The Morgan fingerprint density at radius 2 is 2.06 bits per heavy atom. The van der Waals surface area contributed by atoms with Crippen LogP contribution in [-0.2, 0) is 29.7 Å². The van der Waals surface area contributed by atoms with E-state index in [9.17, 15) is 4.79 Å². The molecule has 0 unspecified atom stereocenters. The molecule has 4 rings (SSSR count). The number of carboxylic acid groups (broad SMARTS) is 1. The number of nitrogens with two attached hydrogens (primary N) is 1. The zero-order valence-electron chi connectivity index (χ0n) is 17.4. The lowest BCUT2D eigenvalue weighted by Crippen LogP contribution is -2.38. The van der Waals surface area contributed by atoms with Crippen LogP contribution >= 0.6 is 0 Å². The summed E-state index contributed by atoms with van der Waals surface area (Å²) in [4.78, 5) is 33.4. The molecule has 3 N–H and O–H groups in total. The average molecular weight is 425 g/mol. The van der Waals surface area contributed by atoms with E-state index in [1.165, 1.54) is 4.90 Å². The fourth-order valence-electron chi connectivity index (χ4n) is 3.53. The van der Waals surface area contributed by atoms with Gasteiger partial charge in [-0.2, -0.15) is 0 Å². The summed E-state index contributed by atoms with van der Waals surface area (Å²) in [6.45, 7) is 2.61. The number of carbonyl (C=O) groups is 2. The van der Waals surface area contributed by atoms with E-state index in [1.807, 2.05) is 25.2 Å². The van der Waals surface area contributed by atoms with Crippen LogP contribution in [0, 0.1) is 0 Å². The number of nitrogens with zero attached hydrogens (tertiary/aromatic N) is 5. The SMILES string of the molecule is CCn1c(CN(C=O)c2nc3cc[nH]c3nc2N)[n+](C)c2ccc(OC)cc21.O=C[O-]. The van der Waals surface area contributed by atoms with Crippen LogP contribution in [0.2, 0.25) is 0 Å². The predicted molar refractivity (Wildman–Crippen MR) is 112 cm³/mol. The average Bonchev–Trinajstić information content (AvgIpc) is 3.33. The number of hydrogen-bond acceptors (Lipinski definition) is 7. The van der Waals surface area contributed by atoms with Gasteiger partial charge < -0.3 is 25.4 Å². The van der Waals surface area contributed by atoms with E-state index >= 15 is 0 Å². The molecule has 3 heterocycles. The number of H-pyrrole nitrogens is 1. The van der Waals surface area contributed by atoms with E-state index in [0.717, 1.165) is 35.6 Å². The molecule has 0 fully saturated rings. The van der Waals surface area contributed by atoms with Crippen LogP contribution < -0.4 is 25.0 Å². The van der Waals surface area contributed by atoms with Gasteiger partial charge in [0.05, 0.1) is 20.7 Å². The minimum absolute atomic E-state index is 0.200. The number of hydrogen-bond donors (Lipinski definition) is 2. The van der Waals surface area contributed by atoms with Crippen LogP contribution in [-0.4, -0.2) is 39.5 Å². The van der Waals surface area contributed by atoms with Crippen molar-refractivity contribution < 1.29 is 24.0 Å². The number of nitrogens with one attached hydrogen (secondary N) is 1. The van der Waals surface area contributed by atoms with Gasteiger partial charge in [-0.05, 0) is 25.1 Å². The minimum Gasteiger partial charge on any atom is -0.554 e. The molecular formula is C20H23N7O4. The zero-order valence-corrected chi connectivity index (χ0v) is 17.4. The van der Waals surface area contributed by atoms with Crippen molar-refractivity contribution in [1.29, 1.82) is 0 Å². The first kappa shape index (κ1) is 21.6. The Morgan fingerprint density at radius 3 is 2.71 bits per heavy atom. The second-order valence-electron chi connectivity index (χ2n) is 6.55. The number of benzene rings is 1. The molecule has 0 aliphatic rings. The summed E-state index contributed by atoms with van der Waals surface area (Å²) in [6, 6.07) is 7.72. The molecule has 3 aromatic heterocycles. The second-order valence-corrected chi connectivity index (χ2v) is 6.55. The van der Waals surface area contributed by atoms with Gasteiger partial charge in [0, 0.05) is 18.7 Å². The van der Waals surface area contributed by atoms with Crippen molar-refractivity contribution in [1.82, 2.24) is 19.5 Å². The van der Waals surface area contributed by atoms with Gasteiger partial charge in [0.25, 0.3) is 5.82 Å². The first-order valence-electron chi connectivity index (χ1n) is 9.42. The van der Waals surface area contributed by atoms with Crippen LogP contribution in [0.1, 0.15) is 12.7 Å². The summed E-state index contributed by atoms with van der Waals surface area (Å²) in [5, 5.41) is 8.25. The largest absolute Gasteiger partial charge is 0.554 e. The lowest BCUT2D eigenvalue weighted by Gasteiger charge is -2.16. The van der Waals surface area contributed by atoms with Gasteiger partial charge in [0.15, 0.2) is 28.3 Å². The summed E-state index contributed by atoms with van der Waals surface area (Å²) < 4.78 is 9.57. The first-order chi connectivity index (χ1) is 15.0. The van der Waals surface area contributed by atoms with Crippen LogP contribution in [0.15, 0.2) is 30.5 Å². The summed E-state index contributed by atoms with van der Waals surface area (Å²) in [5.74, 6) is 2.26. The third kappa shape index (κ3) is 3.97. The monoisotopic (exact) mass is 425 g/mol. The highest BCUT2D eigenvalue weighted by atomic mass is 16.5. The van der Waals surface area contributed by atoms with E-state index < -0.39 is 6.47 Å². The Balaban J connectivity index is 0.000000858. The molecule has 11 heteroatoms. The maximum Gasteiger partial charge on any atom is 0.277 e. The number of fused-ring (bicyclic) bond motifs is 2. The second kappa shape index (κ2) is 9.11. The maximum absolute atomic E-state index is 11.9. The van der Waals surface area contributed by atoms with Gasteiger partial charge in [-0.25, -0.2) is 19.1 Å². The summed E-state index contributed by atoms with van der Waals surface area (Å²) in [5.41, 5.74) is 9.40. The highest BCUT2D eigenvalue weighted by Crippen LogP contribution is 2.25. The molecule has 0 aliphatic heterocycles. The van der Waals surface area contributed by atoms with Gasteiger partial charge >= 0.3 is 0 Å². The van der Waals surface area contributed by atoms with Crippen molar-refractivity contribution in [3.8, 4) is 5.75 Å². The first-order valence-corrected chi connectivity index (χ1v) is 9.42.